The number of halogens is 2. The molecule has 0 bridgehead atoms. The summed E-state index contributed by atoms with van der Waals surface area (Å²) in [5.41, 5.74) is 6.50. The fourth-order valence-corrected chi connectivity index (χ4v) is 2.02. The Bertz CT molecular complexity index is 521. The molecular formula is C11H16F2N2O3S. The Labute approximate surface area is 110 Å². The number of sulfone groups is 1. The van der Waals surface area contributed by atoms with Crippen molar-refractivity contribution in [2.24, 2.45) is 0 Å². The van der Waals surface area contributed by atoms with Gasteiger partial charge >= 0.3 is 0 Å². The van der Waals surface area contributed by atoms with Gasteiger partial charge in [0.1, 0.15) is 6.61 Å². The number of hydrogen-bond acceptors (Lipinski definition) is 5. The lowest BCUT2D eigenvalue weighted by Gasteiger charge is -2.10. The van der Waals surface area contributed by atoms with E-state index < -0.39 is 22.9 Å². The fourth-order valence-electron chi connectivity index (χ4n) is 1.36. The summed E-state index contributed by atoms with van der Waals surface area (Å²) in [6.45, 7) is -0.197. The van der Waals surface area contributed by atoms with Crippen LogP contribution in [0.2, 0.25) is 0 Å². The summed E-state index contributed by atoms with van der Waals surface area (Å²) in [6, 6.07) is 4.30. The first-order valence-electron chi connectivity index (χ1n) is 5.50. The van der Waals surface area contributed by atoms with Crippen molar-refractivity contribution in [2.75, 3.05) is 37.1 Å². The summed E-state index contributed by atoms with van der Waals surface area (Å²) in [5.74, 6) is 0. The largest absolute Gasteiger partial charge is 0.397 e. The van der Waals surface area contributed by atoms with Gasteiger partial charge in [-0.1, -0.05) is 0 Å². The molecule has 5 nitrogen and oxygen atoms in total. The van der Waals surface area contributed by atoms with E-state index in [0.29, 0.717) is 12.2 Å². The van der Waals surface area contributed by atoms with Gasteiger partial charge in [-0.3, -0.25) is 0 Å². The Morgan fingerprint density at radius 2 is 2.11 bits per heavy atom. The molecule has 0 radical (unpaired) electrons. The molecular weight excluding hydrogens is 278 g/mol. The molecule has 108 valence electrons. The average molecular weight is 294 g/mol. The van der Waals surface area contributed by atoms with Crippen LogP contribution in [0.1, 0.15) is 0 Å². The van der Waals surface area contributed by atoms with Gasteiger partial charge in [0.25, 0.3) is 6.43 Å². The Kier molecular flexibility index (Phi) is 5.49. The minimum Gasteiger partial charge on any atom is -0.397 e. The van der Waals surface area contributed by atoms with Crippen molar-refractivity contribution in [2.45, 2.75) is 11.3 Å². The molecule has 0 aliphatic heterocycles. The first kappa shape index (κ1) is 15.6. The average Bonchev–Trinajstić information content (AvgIpc) is 2.28. The second-order valence-corrected chi connectivity index (χ2v) is 5.93. The van der Waals surface area contributed by atoms with E-state index in [4.69, 9.17) is 5.73 Å². The Morgan fingerprint density at radius 3 is 2.63 bits per heavy atom. The molecule has 0 heterocycles. The van der Waals surface area contributed by atoms with Crippen LogP contribution in [0, 0.1) is 0 Å². The van der Waals surface area contributed by atoms with Gasteiger partial charge < -0.3 is 15.8 Å². The van der Waals surface area contributed by atoms with Crippen LogP contribution in [-0.2, 0) is 14.6 Å². The van der Waals surface area contributed by atoms with E-state index in [1.807, 2.05) is 0 Å². The third-order valence-corrected chi connectivity index (χ3v) is 3.37. The molecule has 0 saturated heterocycles. The van der Waals surface area contributed by atoms with Gasteiger partial charge in [-0.2, -0.15) is 0 Å². The number of anilines is 2. The van der Waals surface area contributed by atoms with Gasteiger partial charge in [0.05, 0.1) is 22.9 Å². The summed E-state index contributed by atoms with van der Waals surface area (Å²) >= 11 is 0. The number of hydrogen-bond donors (Lipinski definition) is 2. The van der Waals surface area contributed by atoms with Crippen molar-refractivity contribution in [3.8, 4) is 0 Å². The number of alkyl halides is 2. The van der Waals surface area contributed by atoms with E-state index in [-0.39, 0.29) is 17.2 Å². The maximum Gasteiger partial charge on any atom is 0.261 e. The highest BCUT2D eigenvalue weighted by molar-refractivity contribution is 7.90. The molecule has 1 aromatic carbocycles. The van der Waals surface area contributed by atoms with E-state index in [2.05, 4.69) is 10.1 Å². The Hall–Kier alpha value is -1.41. The molecule has 0 unspecified atom stereocenters. The lowest BCUT2D eigenvalue weighted by Crippen LogP contribution is -2.14. The second kappa shape index (κ2) is 6.67. The van der Waals surface area contributed by atoms with Crippen LogP contribution >= 0.6 is 0 Å². The van der Waals surface area contributed by atoms with Crippen LogP contribution < -0.4 is 11.1 Å². The molecule has 3 N–H and O–H groups in total. The van der Waals surface area contributed by atoms with Crippen LogP contribution in [0.15, 0.2) is 23.1 Å². The van der Waals surface area contributed by atoms with Crippen molar-refractivity contribution in [1.82, 2.24) is 0 Å². The van der Waals surface area contributed by atoms with E-state index in [9.17, 15) is 17.2 Å². The van der Waals surface area contributed by atoms with Crippen molar-refractivity contribution in [3.63, 3.8) is 0 Å². The number of benzene rings is 1. The first-order valence-corrected chi connectivity index (χ1v) is 7.39. The SMILES string of the molecule is CS(=O)(=O)c1ccc(NCCOCC(F)F)c(N)c1. The van der Waals surface area contributed by atoms with Crippen LogP contribution in [0.4, 0.5) is 20.2 Å². The lowest BCUT2D eigenvalue weighted by atomic mass is 10.2. The monoisotopic (exact) mass is 294 g/mol. The molecule has 0 aliphatic carbocycles. The smallest absolute Gasteiger partial charge is 0.261 e. The number of nitrogen functional groups attached to an aromatic ring is 1. The normalized spacial score (nSPS) is 11.8. The van der Waals surface area contributed by atoms with Gasteiger partial charge in [-0.05, 0) is 18.2 Å². The zero-order valence-electron chi connectivity index (χ0n) is 10.4. The third-order valence-electron chi connectivity index (χ3n) is 2.26. The summed E-state index contributed by atoms with van der Waals surface area (Å²) in [7, 11) is -3.30. The second-order valence-electron chi connectivity index (χ2n) is 3.91. The molecule has 1 rings (SSSR count). The molecule has 0 saturated carbocycles. The van der Waals surface area contributed by atoms with E-state index in [1.54, 1.807) is 0 Å². The zero-order valence-corrected chi connectivity index (χ0v) is 11.2. The van der Waals surface area contributed by atoms with Crippen molar-refractivity contribution < 1.29 is 21.9 Å². The molecule has 1 aromatic rings. The minimum atomic E-state index is -3.30. The quantitative estimate of drug-likeness (QED) is 0.586. The Morgan fingerprint density at radius 1 is 1.42 bits per heavy atom. The van der Waals surface area contributed by atoms with Crippen LogP contribution in [-0.4, -0.2) is 40.9 Å². The minimum absolute atomic E-state index is 0.109. The molecule has 19 heavy (non-hydrogen) atoms. The van der Waals surface area contributed by atoms with Crippen LogP contribution in [0.3, 0.4) is 0 Å². The fraction of sp³-hybridized carbons (Fsp3) is 0.455. The zero-order chi connectivity index (χ0) is 14.5. The summed E-state index contributed by atoms with van der Waals surface area (Å²) in [6.07, 6.45) is -1.40. The Balaban J connectivity index is 2.52. The standard InChI is InChI=1S/C11H16F2N2O3S/c1-19(16,17)8-2-3-10(9(14)6-8)15-4-5-18-7-11(12)13/h2-3,6,11,15H,4-5,7,14H2,1H3. The predicted octanol–water partition coefficient (Wildman–Crippen LogP) is 1.37. The predicted molar refractivity (Wildman–Crippen MR) is 69.3 cm³/mol. The molecule has 0 fully saturated rings. The molecule has 0 aromatic heterocycles. The third kappa shape index (κ3) is 5.39. The molecule has 0 aliphatic rings. The van der Waals surface area contributed by atoms with Crippen molar-refractivity contribution in [3.05, 3.63) is 18.2 Å². The van der Waals surface area contributed by atoms with Crippen molar-refractivity contribution >= 4 is 21.2 Å². The van der Waals surface area contributed by atoms with Crippen LogP contribution in [0.25, 0.3) is 0 Å². The van der Waals surface area contributed by atoms with E-state index in [1.165, 1.54) is 18.2 Å². The van der Waals surface area contributed by atoms with Crippen LogP contribution in [0.5, 0.6) is 0 Å². The highest BCUT2D eigenvalue weighted by Crippen LogP contribution is 2.22. The van der Waals surface area contributed by atoms with Gasteiger partial charge in [-0.15, -0.1) is 0 Å². The van der Waals surface area contributed by atoms with Gasteiger partial charge in [0, 0.05) is 12.8 Å². The van der Waals surface area contributed by atoms with E-state index in [0.717, 1.165) is 6.26 Å². The number of rotatable bonds is 7. The van der Waals surface area contributed by atoms with Gasteiger partial charge in [0.2, 0.25) is 0 Å². The van der Waals surface area contributed by atoms with Gasteiger partial charge in [0.15, 0.2) is 9.84 Å². The van der Waals surface area contributed by atoms with E-state index >= 15 is 0 Å². The topological polar surface area (TPSA) is 81.4 Å². The summed E-state index contributed by atoms with van der Waals surface area (Å²) < 4.78 is 50.8. The maximum absolute atomic E-state index is 11.8. The molecule has 0 amide bonds. The highest BCUT2D eigenvalue weighted by Gasteiger charge is 2.09. The number of ether oxygens (including phenoxy) is 1. The highest BCUT2D eigenvalue weighted by atomic mass is 32.2. The first-order chi connectivity index (χ1) is 8.80. The molecule has 0 atom stereocenters. The van der Waals surface area contributed by atoms with Gasteiger partial charge in [-0.25, -0.2) is 17.2 Å². The molecule has 0 spiro atoms. The number of nitrogens with one attached hydrogen (secondary N) is 1. The summed E-state index contributed by atoms with van der Waals surface area (Å²) in [4.78, 5) is 0.129. The lowest BCUT2D eigenvalue weighted by molar-refractivity contribution is 0.0215. The molecule has 8 heteroatoms. The summed E-state index contributed by atoms with van der Waals surface area (Å²) in [5, 5.41) is 2.88. The van der Waals surface area contributed by atoms with Crippen molar-refractivity contribution in [1.29, 1.82) is 0 Å². The number of nitrogens with two attached hydrogens (primary N) is 1. The maximum atomic E-state index is 11.8.